The maximum absolute atomic E-state index is 12.4. The third kappa shape index (κ3) is 3.34. The van der Waals surface area contributed by atoms with Crippen LogP contribution < -0.4 is 0 Å². The van der Waals surface area contributed by atoms with Gasteiger partial charge in [-0.2, -0.15) is 17.9 Å². The van der Waals surface area contributed by atoms with Gasteiger partial charge in [-0.1, -0.05) is 18.2 Å². The van der Waals surface area contributed by atoms with Crippen molar-refractivity contribution in [2.45, 2.75) is 6.18 Å². The average Bonchev–Trinajstić information content (AvgIpc) is 2.39. The van der Waals surface area contributed by atoms with Crippen LogP contribution in [0, 0.1) is 5.21 Å². The summed E-state index contributed by atoms with van der Waals surface area (Å²) in [5.74, 6) is 0. The summed E-state index contributed by atoms with van der Waals surface area (Å²) in [7, 11) is 0. The molecule has 0 saturated heterocycles. The quantitative estimate of drug-likeness (QED) is 0.349. The van der Waals surface area contributed by atoms with Gasteiger partial charge in [-0.3, -0.25) is 0 Å². The van der Waals surface area contributed by atoms with E-state index in [-0.39, 0.29) is 5.69 Å². The van der Waals surface area contributed by atoms with Crippen molar-refractivity contribution in [1.82, 2.24) is 0 Å². The third-order valence-corrected chi connectivity index (χ3v) is 2.52. The standard InChI is InChI=1S/C14H10F3NO/c15-14(16,17)12-6-8-13(9-7-12)18(19)10-11-4-2-1-3-5-11/h1-10H/b18-10-. The predicted molar refractivity (Wildman–Crippen MR) is 66.3 cm³/mol. The van der Waals surface area contributed by atoms with E-state index < -0.39 is 11.7 Å². The summed E-state index contributed by atoms with van der Waals surface area (Å²) in [4.78, 5) is 0. The second-order valence-corrected chi connectivity index (χ2v) is 3.91. The first-order valence-electron chi connectivity index (χ1n) is 5.50. The number of hydrogen-bond donors (Lipinski definition) is 0. The van der Waals surface area contributed by atoms with Crippen LogP contribution in [0.1, 0.15) is 11.1 Å². The van der Waals surface area contributed by atoms with E-state index in [2.05, 4.69) is 0 Å². The second kappa shape index (κ2) is 5.14. The van der Waals surface area contributed by atoms with Gasteiger partial charge in [0.2, 0.25) is 5.69 Å². The molecule has 19 heavy (non-hydrogen) atoms. The van der Waals surface area contributed by atoms with E-state index in [1.165, 1.54) is 6.21 Å². The van der Waals surface area contributed by atoms with E-state index in [9.17, 15) is 18.4 Å². The molecule has 0 heterocycles. The van der Waals surface area contributed by atoms with Gasteiger partial charge < -0.3 is 5.21 Å². The van der Waals surface area contributed by atoms with Crippen molar-refractivity contribution in [3.05, 3.63) is 70.9 Å². The summed E-state index contributed by atoms with van der Waals surface area (Å²) in [5.41, 5.74) is 0.0543. The summed E-state index contributed by atoms with van der Waals surface area (Å²) < 4.78 is 37.6. The summed E-state index contributed by atoms with van der Waals surface area (Å²) >= 11 is 0. The lowest BCUT2D eigenvalue weighted by molar-refractivity contribution is -0.354. The summed E-state index contributed by atoms with van der Waals surface area (Å²) in [6, 6.07) is 12.9. The number of alkyl halides is 3. The fourth-order valence-corrected chi connectivity index (χ4v) is 1.55. The Labute approximate surface area is 108 Å². The highest BCUT2D eigenvalue weighted by molar-refractivity contribution is 5.76. The zero-order valence-electron chi connectivity index (χ0n) is 9.76. The minimum absolute atomic E-state index is 0.150. The van der Waals surface area contributed by atoms with Crippen molar-refractivity contribution in [2.24, 2.45) is 0 Å². The molecule has 0 N–H and O–H groups in total. The zero-order chi connectivity index (χ0) is 13.9. The van der Waals surface area contributed by atoms with Crippen LogP contribution in [-0.4, -0.2) is 11.0 Å². The fraction of sp³-hybridized carbons (Fsp3) is 0.0714. The topological polar surface area (TPSA) is 26.1 Å². The lowest BCUT2D eigenvalue weighted by Crippen LogP contribution is -2.05. The Morgan fingerprint density at radius 2 is 1.47 bits per heavy atom. The smallest absolute Gasteiger partial charge is 0.416 e. The van der Waals surface area contributed by atoms with Gasteiger partial charge in [0.1, 0.15) is 0 Å². The Hall–Kier alpha value is -2.30. The molecule has 0 aliphatic carbocycles. The molecule has 0 aliphatic rings. The number of benzene rings is 2. The molecular weight excluding hydrogens is 255 g/mol. The molecule has 0 bridgehead atoms. The lowest BCUT2D eigenvalue weighted by Gasteiger charge is -2.07. The molecule has 0 amide bonds. The number of halogens is 3. The minimum Gasteiger partial charge on any atom is -0.618 e. The van der Waals surface area contributed by atoms with Gasteiger partial charge in [-0.15, -0.1) is 0 Å². The van der Waals surface area contributed by atoms with Crippen LogP contribution in [0.25, 0.3) is 0 Å². The van der Waals surface area contributed by atoms with Gasteiger partial charge in [-0.05, 0) is 24.3 Å². The van der Waals surface area contributed by atoms with E-state index in [1.54, 1.807) is 24.3 Å². The SMILES string of the molecule is [O-]/[N+](=C\c1ccccc1)c1ccc(C(F)(F)F)cc1. The minimum atomic E-state index is -4.39. The van der Waals surface area contributed by atoms with Gasteiger partial charge >= 0.3 is 6.18 Å². The first kappa shape index (κ1) is 13.1. The lowest BCUT2D eigenvalue weighted by atomic mass is 10.2. The molecule has 0 saturated carbocycles. The van der Waals surface area contributed by atoms with Crippen LogP contribution in [0.2, 0.25) is 0 Å². The van der Waals surface area contributed by atoms with Crippen molar-refractivity contribution in [3.63, 3.8) is 0 Å². The molecule has 0 aromatic heterocycles. The Kier molecular flexibility index (Phi) is 3.55. The van der Waals surface area contributed by atoms with E-state index in [0.717, 1.165) is 24.3 Å². The normalized spacial score (nSPS) is 12.5. The maximum atomic E-state index is 12.4. The molecule has 0 fully saturated rings. The second-order valence-electron chi connectivity index (χ2n) is 3.91. The van der Waals surface area contributed by atoms with E-state index in [4.69, 9.17) is 0 Å². The number of nitrogens with zero attached hydrogens (tertiary/aromatic N) is 1. The largest absolute Gasteiger partial charge is 0.618 e. The van der Waals surface area contributed by atoms with Gasteiger partial charge in [0, 0.05) is 17.7 Å². The Balaban J connectivity index is 2.25. The van der Waals surface area contributed by atoms with Crippen molar-refractivity contribution < 1.29 is 17.9 Å². The molecule has 98 valence electrons. The fourth-order valence-electron chi connectivity index (χ4n) is 1.55. The molecule has 5 heteroatoms. The van der Waals surface area contributed by atoms with Gasteiger partial charge in [0.05, 0.1) is 5.56 Å². The highest BCUT2D eigenvalue weighted by Crippen LogP contribution is 2.30. The number of rotatable bonds is 2. The molecular formula is C14H10F3NO. The molecule has 2 aromatic carbocycles. The summed E-state index contributed by atoms with van der Waals surface area (Å²) in [6.07, 6.45) is -3.09. The monoisotopic (exact) mass is 265 g/mol. The summed E-state index contributed by atoms with van der Waals surface area (Å²) in [6.45, 7) is 0. The van der Waals surface area contributed by atoms with Crippen LogP contribution in [0.5, 0.6) is 0 Å². The van der Waals surface area contributed by atoms with E-state index >= 15 is 0 Å². The molecule has 0 atom stereocenters. The highest BCUT2D eigenvalue weighted by Gasteiger charge is 2.30. The third-order valence-electron chi connectivity index (χ3n) is 2.52. The maximum Gasteiger partial charge on any atom is 0.416 e. The average molecular weight is 265 g/mol. The van der Waals surface area contributed by atoms with Crippen LogP contribution in [0.4, 0.5) is 18.9 Å². The molecule has 2 rings (SSSR count). The molecule has 0 unspecified atom stereocenters. The Bertz CT molecular complexity index is 574. The zero-order valence-corrected chi connectivity index (χ0v) is 9.76. The number of hydrogen-bond acceptors (Lipinski definition) is 1. The molecule has 0 spiro atoms. The van der Waals surface area contributed by atoms with Crippen molar-refractivity contribution >= 4 is 11.9 Å². The van der Waals surface area contributed by atoms with Crippen molar-refractivity contribution in [1.29, 1.82) is 0 Å². The van der Waals surface area contributed by atoms with Gasteiger partial charge in [0.25, 0.3) is 0 Å². The van der Waals surface area contributed by atoms with E-state index in [0.29, 0.717) is 10.3 Å². The van der Waals surface area contributed by atoms with Crippen molar-refractivity contribution in [2.75, 3.05) is 0 Å². The predicted octanol–water partition coefficient (Wildman–Crippen LogP) is 3.97. The molecule has 0 aliphatic heterocycles. The Morgan fingerprint density at radius 1 is 0.895 bits per heavy atom. The van der Waals surface area contributed by atoms with Crippen LogP contribution in [0.15, 0.2) is 54.6 Å². The van der Waals surface area contributed by atoms with Gasteiger partial charge in [0.15, 0.2) is 6.21 Å². The van der Waals surface area contributed by atoms with Crippen molar-refractivity contribution in [3.8, 4) is 0 Å². The first-order chi connectivity index (χ1) is 8.97. The highest BCUT2D eigenvalue weighted by atomic mass is 19.4. The van der Waals surface area contributed by atoms with Crippen LogP contribution in [-0.2, 0) is 6.18 Å². The van der Waals surface area contributed by atoms with Crippen LogP contribution >= 0.6 is 0 Å². The molecule has 0 radical (unpaired) electrons. The van der Waals surface area contributed by atoms with Gasteiger partial charge in [-0.25, -0.2) is 0 Å². The molecule has 2 aromatic rings. The first-order valence-corrected chi connectivity index (χ1v) is 5.50. The van der Waals surface area contributed by atoms with E-state index in [1.807, 2.05) is 6.07 Å². The molecule has 2 nitrogen and oxygen atoms in total. The summed E-state index contributed by atoms with van der Waals surface area (Å²) in [5, 5.41) is 11.8. The van der Waals surface area contributed by atoms with Crippen LogP contribution in [0.3, 0.4) is 0 Å². The Morgan fingerprint density at radius 3 is 2.00 bits per heavy atom.